The van der Waals surface area contributed by atoms with Gasteiger partial charge in [0.25, 0.3) is 0 Å². The largest absolute Gasteiger partial charge is 0.417 e. The molecule has 152 valence electrons. The lowest BCUT2D eigenvalue weighted by Gasteiger charge is -2.24. The van der Waals surface area contributed by atoms with Gasteiger partial charge in [-0.3, -0.25) is 0 Å². The van der Waals surface area contributed by atoms with Crippen LogP contribution in [0.25, 0.3) is 0 Å². The van der Waals surface area contributed by atoms with Crippen LogP contribution in [-0.4, -0.2) is 43.9 Å². The number of halogens is 4. The summed E-state index contributed by atoms with van der Waals surface area (Å²) in [5.74, 6) is 0.226. The highest BCUT2D eigenvalue weighted by atomic mass is 35.5. The predicted molar refractivity (Wildman–Crippen MR) is 101 cm³/mol. The fourth-order valence-corrected chi connectivity index (χ4v) is 4.78. The summed E-state index contributed by atoms with van der Waals surface area (Å²) in [4.78, 5) is 5.81. The zero-order valence-electron chi connectivity index (χ0n) is 15.1. The van der Waals surface area contributed by atoms with Crippen molar-refractivity contribution in [3.8, 4) is 0 Å². The molecule has 1 aliphatic heterocycles. The van der Waals surface area contributed by atoms with E-state index in [0.717, 1.165) is 17.8 Å². The summed E-state index contributed by atoms with van der Waals surface area (Å²) in [5.41, 5.74) is 0.0451. The molecule has 1 aromatic carbocycles. The summed E-state index contributed by atoms with van der Waals surface area (Å²) in [6.45, 7) is 3.10. The number of hydrogen-bond acceptors (Lipinski definition) is 4. The van der Waals surface area contributed by atoms with E-state index in [-0.39, 0.29) is 28.8 Å². The molecule has 1 aliphatic rings. The molecule has 1 saturated heterocycles. The standard InChI is InChI=1S/C18H19ClF3N3O2S/c1-13-3-5-15(6-4-13)28(26,27)25-8-2-7-24(9-10-25)17-16(19)11-14(12-23-17)18(20,21)22/h3-6,11-12H,2,7-10H2,1H3. The number of sulfonamides is 1. The van der Waals surface area contributed by atoms with Crippen molar-refractivity contribution in [1.82, 2.24) is 9.29 Å². The molecule has 1 fully saturated rings. The maximum Gasteiger partial charge on any atom is 0.417 e. The Morgan fingerprint density at radius 1 is 1.07 bits per heavy atom. The number of pyridine rings is 1. The lowest BCUT2D eigenvalue weighted by molar-refractivity contribution is -0.137. The van der Waals surface area contributed by atoms with Gasteiger partial charge >= 0.3 is 6.18 Å². The summed E-state index contributed by atoms with van der Waals surface area (Å²) in [6.07, 6.45) is -3.27. The van der Waals surface area contributed by atoms with E-state index in [1.54, 1.807) is 29.2 Å². The molecule has 2 aromatic rings. The van der Waals surface area contributed by atoms with Crippen LogP contribution in [-0.2, 0) is 16.2 Å². The van der Waals surface area contributed by atoms with Crippen molar-refractivity contribution in [2.75, 3.05) is 31.1 Å². The number of rotatable bonds is 3. The highest BCUT2D eigenvalue weighted by Gasteiger charge is 2.33. The van der Waals surface area contributed by atoms with Crippen molar-refractivity contribution in [2.45, 2.75) is 24.4 Å². The Labute approximate surface area is 166 Å². The van der Waals surface area contributed by atoms with Gasteiger partial charge in [0.2, 0.25) is 10.0 Å². The van der Waals surface area contributed by atoms with Gasteiger partial charge in [0.1, 0.15) is 5.82 Å². The van der Waals surface area contributed by atoms with Crippen molar-refractivity contribution in [3.63, 3.8) is 0 Å². The summed E-state index contributed by atoms with van der Waals surface area (Å²) in [7, 11) is -3.64. The molecule has 28 heavy (non-hydrogen) atoms. The minimum atomic E-state index is -4.52. The number of alkyl halides is 3. The number of hydrogen-bond donors (Lipinski definition) is 0. The third kappa shape index (κ3) is 4.42. The van der Waals surface area contributed by atoms with Gasteiger partial charge in [0.15, 0.2) is 0 Å². The summed E-state index contributed by atoms with van der Waals surface area (Å²) < 4.78 is 65.5. The topological polar surface area (TPSA) is 53.5 Å². The van der Waals surface area contributed by atoms with E-state index in [0.29, 0.717) is 19.5 Å². The van der Waals surface area contributed by atoms with Crippen molar-refractivity contribution in [3.05, 3.63) is 52.7 Å². The third-order valence-corrected chi connectivity index (χ3v) is 6.75. The molecule has 0 spiro atoms. The smallest absolute Gasteiger partial charge is 0.354 e. The highest BCUT2D eigenvalue weighted by molar-refractivity contribution is 7.89. The first-order valence-electron chi connectivity index (χ1n) is 8.63. The van der Waals surface area contributed by atoms with E-state index in [9.17, 15) is 21.6 Å². The first kappa shape index (κ1) is 20.9. The van der Waals surface area contributed by atoms with Gasteiger partial charge in [0.05, 0.1) is 15.5 Å². The second-order valence-electron chi connectivity index (χ2n) is 6.58. The Morgan fingerprint density at radius 2 is 1.75 bits per heavy atom. The molecule has 10 heteroatoms. The van der Waals surface area contributed by atoms with Gasteiger partial charge < -0.3 is 4.90 Å². The number of nitrogens with zero attached hydrogens (tertiary/aromatic N) is 3. The van der Waals surface area contributed by atoms with Crippen molar-refractivity contribution < 1.29 is 21.6 Å². The number of anilines is 1. The molecule has 5 nitrogen and oxygen atoms in total. The molecular weight excluding hydrogens is 415 g/mol. The first-order chi connectivity index (χ1) is 13.1. The second kappa shape index (κ2) is 7.88. The van der Waals surface area contributed by atoms with E-state index in [4.69, 9.17) is 11.6 Å². The van der Waals surface area contributed by atoms with Crippen LogP contribution in [0.5, 0.6) is 0 Å². The Hall–Kier alpha value is -1.84. The van der Waals surface area contributed by atoms with Crippen LogP contribution < -0.4 is 4.90 Å². The van der Waals surface area contributed by atoms with E-state index in [1.807, 2.05) is 6.92 Å². The molecule has 0 saturated carbocycles. The van der Waals surface area contributed by atoms with Gasteiger partial charge in [0, 0.05) is 32.4 Å². The van der Waals surface area contributed by atoms with Gasteiger partial charge in [-0.2, -0.15) is 17.5 Å². The molecule has 1 aromatic heterocycles. The average Bonchev–Trinajstić information content (AvgIpc) is 2.88. The first-order valence-corrected chi connectivity index (χ1v) is 10.5. The zero-order valence-corrected chi connectivity index (χ0v) is 16.7. The van der Waals surface area contributed by atoms with E-state index in [2.05, 4.69) is 4.98 Å². The molecule has 2 heterocycles. The molecule has 0 unspecified atom stereocenters. The van der Waals surface area contributed by atoms with Gasteiger partial charge in [-0.1, -0.05) is 29.3 Å². The van der Waals surface area contributed by atoms with Crippen molar-refractivity contribution >= 4 is 27.4 Å². The lowest BCUT2D eigenvalue weighted by Crippen LogP contribution is -2.35. The third-order valence-electron chi connectivity index (χ3n) is 4.56. The van der Waals surface area contributed by atoms with Crippen molar-refractivity contribution in [1.29, 1.82) is 0 Å². The molecule has 0 radical (unpaired) electrons. The Bertz CT molecular complexity index is 950. The van der Waals surface area contributed by atoms with E-state index in [1.165, 1.54) is 4.31 Å². The predicted octanol–water partition coefficient (Wildman–Crippen LogP) is 3.96. The quantitative estimate of drug-likeness (QED) is 0.735. The molecule has 0 aliphatic carbocycles. The molecule has 0 atom stereocenters. The Kier molecular flexibility index (Phi) is 5.88. The van der Waals surface area contributed by atoms with E-state index < -0.39 is 21.8 Å². The molecular formula is C18H19ClF3N3O2S. The maximum atomic E-state index is 12.9. The van der Waals surface area contributed by atoms with Crippen LogP contribution in [0.3, 0.4) is 0 Å². The van der Waals surface area contributed by atoms with Crippen LogP contribution in [0.4, 0.5) is 19.0 Å². The van der Waals surface area contributed by atoms with Crippen LogP contribution in [0.1, 0.15) is 17.5 Å². The van der Waals surface area contributed by atoms with Crippen molar-refractivity contribution in [2.24, 2.45) is 0 Å². The highest BCUT2D eigenvalue weighted by Crippen LogP contribution is 2.34. The number of aryl methyl sites for hydroxylation is 1. The molecule has 3 rings (SSSR count). The molecule has 0 bridgehead atoms. The zero-order chi connectivity index (χ0) is 20.5. The maximum absolute atomic E-state index is 12.9. The summed E-state index contributed by atoms with van der Waals surface area (Å²) >= 11 is 6.02. The monoisotopic (exact) mass is 433 g/mol. The average molecular weight is 434 g/mol. The Balaban J connectivity index is 1.77. The minimum Gasteiger partial charge on any atom is -0.354 e. The Morgan fingerprint density at radius 3 is 2.36 bits per heavy atom. The molecule has 0 N–H and O–H groups in total. The SMILES string of the molecule is Cc1ccc(S(=O)(=O)N2CCCN(c3ncc(C(F)(F)F)cc3Cl)CC2)cc1. The lowest BCUT2D eigenvalue weighted by atomic mass is 10.2. The number of benzene rings is 1. The van der Waals surface area contributed by atoms with Gasteiger partial charge in [-0.05, 0) is 31.5 Å². The van der Waals surface area contributed by atoms with Gasteiger partial charge in [-0.25, -0.2) is 13.4 Å². The summed E-state index contributed by atoms with van der Waals surface area (Å²) in [6, 6.07) is 7.46. The van der Waals surface area contributed by atoms with Crippen LogP contribution in [0, 0.1) is 6.92 Å². The minimum absolute atomic E-state index is 0.107. The van der Waals surface area contributed by atoms with E-state index >= 15 is 0 Å². The number of aromatic nitrogens is 1. The fourth-order valence-electron chi connectivity index (χ4n) is 3.02. The van der Waals surface area contributed by atoms with Crippen LogP contribution in [0.2, 0.25) is 5.02 Å². The normalized spacial score (nSPS) is 16.8. The fraction of sp³-hybridized carbons (Fsp3) is 0.389. The second-order valence-corrected chi connectivity index (χ2v) is 8.93. The van der Waals surface area contributed by atoms with Gasteiger partial charge in [-0.15, -0.1) is 0 Å². The molecule has 0 amide bonds. The van der Waals surface area contributed by atoms with Crippen LogP contribution in [0.15, 0.2) is 41.4 Å². The summed E-state index contributed by atoms with van der Waals surface area (Å²) in [5, 5.41) is -0.107. The van der Waals surface area contributed by atoms with Crippen LogP contribution >= 0.6 is 11.6 Å².